The molecular formula is C13H18N4O2S2. The average Bonchev–Trinajstić information content (AvgIpc) is 2.99. The molecule has 0 aliphatic rings. The predicted octanol–water partition coefficient (Wildman–Crippen LogP) is 1.68. The topological polar surface area (TPSA) is 88.3 Å². The summed E-state index contributed by atoms with van der Waals surface area (Å²) in [5.74, 6) is 5.49. The molecule has 0 bridgehead atoms. The van der Waals surface area contributed by atoms with Crippen LogP contribution in [0.1, 0.15) is 11.8 Å². The van der Waals surface area contributed by atoms with Crippen molar-refractivity contribution in [2.75, 3.05) is 12.5 Å². The second-order valence-electron chi connectivity index (χ2n) is 4.65. The lowest BCUT2D eigenvalue weighted by Crippen LogP contribution is -2.36. The van der Waals surface area contributed by atoms with Gasteiger partial charge in [0, 0.05) is 24.2 Å². The number of hydrogen-bond donors (Lipinski definition) is 2. The van der Waals surface area contributed by atoms with Gasteiger partial charge in [0.1, 0.15) is 4.90 Å². The van der Waals surface area contributed by atoms with E-state index >= 15 is 0 Å². The van der Waals surface area contributed by atoms with Crippen molar-refractivity contribution in [2.45, 2.75) is 24.3 Å². The van der Waals surface area contributed by atoms with Gasteiger partial charge in [0.2, 0.25) is 10.0 Å². The summed E-state index contributed by atoms with van der Waals surface area (Å²) < 4.78 is 26.7. The van der Waals surface area contributed by atoms with Crippen molar-refractivity contribution < 1.29 is 8.42 Å². The average molecular weight is 326 g/mol. The Kier molecular flexibility index (Phi) is 4.94. The minimum atomic E-state index is -3.65. The zero-order chi connectivity index (χ0) is 15.5. The first-order valence-corrected chi connectivity index (χ1v) is 8.71. The number of anilines is 1. The predicted molar refractivity (Wildman–Crippen MR) is 84.5 cm³/mol. The third-order valence-electron chi connectivity index (χ3n) is 3.26. The number of nitrogens with zero attached hydrogens (tertiary/aromatic N) is 2. The number of thiophene rings is 1. The fraction of sp³-hybridized carbons (Fsp3) is 0.308. The third-order valence-corrected chi connectivity index (χ3v) is 6.16. The Morgan fingerprint density at radius 3 is 2.81 bits per heavy atom. The van der Waals surface area contributed by atoms with Gasteiger partial charge >= 0.3 is 0 Å². The lowest BCUT2D eigenvalue weighted by Gasteiger charge is -2.24. The highest BCUT2D eigenvalue weighted by atomic mass is 32.2. The Morgan fingerprint density at radius 2 is 2.19 bits per heavy atom. The quantitative estimate of drug-likeness (QED) is 0.623. The van der Waals surface area contributed by atoms with Crippen LogP contribution in [0.5, 0.6) is 0 Å². The SMILES string of the molecule is CC(Cc1cccs1)N(C)S(=O)(=O)c1cccnc1NN. The minimum Gasteiger partial charge on any atom is -0.307 e. The van der Waals surface area contributed by atoms with E-state index in [-0.39, 0.29) is 16.8 Å². The third kappa shape index (κ3) is 3.41. The summed E-state index contributed by atoms with van der Waals surface area (Å²) in [5.41, 5.74) is 2.33. The van der Waals surface area contributed by atoms with Crippen molar-refractivity contribution in [3.8, 4) is 0 Å². The number of pyridine rings is 1. The van der Waals surface area contributed by atoms with Gasteiger partial charge in [0.15, 0.2) is 5.82 Å². The largest absolute Gasteiger partial charge is 0.307 e. The van der Waals surface area contributed by atoms with Crippen LogP contribution in [-0.2, 0) is 16.4 Å². The number of nitrogens with two attached hydrogens (primary N) is 1. The highest BCUT2D eigenvalue weighted by Crippen LogP contribution is 2.24. The molecule has 2 rings (SSSR count). The summed E-state index contributed by atoms with van der Waals surface area (Å²) >= 11 is 1.62. The molecule has 0 radical (unpaired) electrons. The van der Waals surface area contributed by atoms with Crippen LogP contribution < -0.4 is 11.3 Å². The van der Waals surface area contributed by atoms with Gasteiger partial charge in [-0.15, -0.1) is 11.3 Å². The second kappa shape index (κ2) is 6.52. The monoisotopic (exact) mass is 326 g/mol. The number of nitrogen functional groups attached to an aromatic ring is 1. The first kappa shape index (κ1) is 15.9. The summed E-state index contributed by atoms with van der Waals surface area (Å²) in [5, 5.41) is 1.98. The van der Waals surface area contributed by atoms with Gasteiger partial charge < -0.3 is 5.43 Å². The summed E-state index contributed by atoms with van der Waals surface area (Å²) in [6.45, 7) is 1.88. The van der Waals surface area contributed by atoms with Crippen LogP contribution in [0.15, 0.2) is 40.7 Å². The van der Waals surface area contributed by atoms with E-state index in [1.54, 1.807) is 24.5 Å². The molecule has 0 spiro atoms. The first-order chi connectivity index (χ1) is 9.96. The van der Waals surface area contributed by atoms with Crippen LogP contribution in [-0.4, -0.2) is 30.8 Å². The summed E-state index contributed by atoms with van der Waals surface area (Å²) in [7, 11) is -2.08. The van der Waals surface area contributed by atoms with Gasteiger partial charge in [-0.25, -0.2) is 19.2 Å². The van der Waals surface area contributed by atoms with Crippen LogP contribution in [0.25, 0.3) is 0 Å². The molecule has 114 valence electrons. The van der Waals surface area contributed by atoms with Gasteiger partial charge in [0.25, 0.3) is 0 Å². The standard InChI is InChI=1S/C13H18N4O2S2/c1-10(9-11-5-4-8-20-11)17(2)21(18,19)12-6-3-7-15-13(12)16-14/h3-8,10H,9,14H2,1-2H3,(H,15,16). The number of likely N-dealkylation sites (N-methyl/N-ethyl adjacent to an activating group) is 1. The number of aromatic nitrogens is 1. The number of hydrazine groups is 1. The van der Waals surface area contributed by atoms with E-state index in [9.17, 15) is 8.42 Å². The van der Waals surface area contributed by atoms with E-state index in [1.807, 2.05) is 24.4 Å². The van der Waals surface area contributed by atoms with E-state index in [0.29, 0.717) is 6.42 Å². The zero-order valence-corrected chi connectivity index (χ0v) is 13.5. The Bertz CT molecular complexity index is 686. The number of nitrogens with one attached hydrogen (secondary N) is 1. The van der Waals surface area contributed by atoms with Crippen molar-refractivity contribution in [1.29, 1.82) is 0 Å². The van der Waals surface area contributed by atoms with E-state index in [0.717, 1.165) is 4.88 Å². The minimum absolute atomic E-state index is 0.0769. The molecule has 3 N–H and O–H groups in total. The van der Waals surface area contributed by atoms with E-state index in [2.05, 4.69) is 10.4 Å². The normalized spacial score (nSPS) is 13.3. The van der Waals surface area contributed by atoms with Crippen molar-refractivity contribution in [2.24, 2.45) is 5.84 Å². The molecule has 0 aromatic carbocycles. The lowest BCUT2D eigenvalue weighted by atomic mass is 10.2. The molecule has 0 aliphatic heterocycles. The highest BCUT2D eigenvalue weighted by molar-refractivity contribution is 7.89. The number of rotatable bonds is 6. The van der Waals surface area contributed by atoms with Gasteiger partial charge in [-0.3, -0.25) is 0 Å². The molecule has 0 amide bonds. The van der Waals surface area contributed by atoms with Gasteiger partial charge in [0.05, 0.1) is 0 Å². The Labute approximate surface area is 128 Å². The maximum Gasteiger partial charge on any atom is 0.246 e. The van der Waals surface area contributed by atoms with Crippen LogP contribution in [0.3, 0.4) is 0 Å². The van der Waals surface area contributed by atoms with Crippen LogP contribution in [0.2, 0.25) is 0 Å². The van der Waals surface area contributed by atoms with Gasteiger partial charge in [-0.1, -0.05) is 6.07 Å². The van der Waals surface area contributed by atoms with Crippen molar-refractivity contribution >= 4 is 27.2 Å². The molecule has 21 heavy (non-hydrogen) atoms. The molecule has 8 heteroatoms. The summed E-state index contributed by atoms with van der Waals surface area (Å²) in [6.07, 6.45) is 2.16. The molecule has 2 aromatic heterocycles. The van der Waals surface area contributed by atoms with Crippen molar-refractivity contribution in [1.82, 2.24) is 9.29 Å². The van der Waals surface area contributed by atoms with Crippen molar-refractivity contribution in [3.05, 3.63) is 40.7 Å². The molecule has 1 unspecified atom stereocenters. The first-order valence-electron chi connectivity index (χ1n) is 6.39. The zero-order valence-electron chi connectivity index (χ0n) is 11.9. The van der Waals surface area contributed by atoms with Crippen LogP contribution in [0.4, 0.5) is 5.82 Å². The number of hydrogen-bond acceptors (Lipinski definition) is 6. The maximum absolute atomic E-state index is 12.7. The summed E-state index contributed by atoms with van der Waals surface area (Å²) in [4.78, 5) is 5.16. The molecular weight excluding hydrogens is 308 g/mol. The highest BCUT2D eigenvalue weighted by Gasteiger charge is 2.28. The van der Waals surface area contributed by atoms with E-state index in [4.69, 9.17) is 5.84 Å². The fourth-order valence-electron chi connectivity index (χ4n) is 1.95. The second-order valence-corrected chi connectivity index (χ2v) is 7.65. The lowest BCUT2D eigenvalue weighted by molar-refractivity contribution is 0.388. The molecule has 2 heterocycles. The van der Waals surface area contributed by atoms with Crippen LogP contribution >= 0.6 is 11.3 Å². The maximum atomic E-state index is 12.7. The number of sulfonamides is 1. The molecule has 1 atom stereocenters. The van der Waals surface area contributed by atoms with Gasteiger partial charge in [-0.2, -0.15) is 4.31 Å². The molecule has 0 fully saturated rings. The fourth-order valence-corrected chi connectivity index (χ4v) is 4.24. The smallest absolute Gasteiger partial charge is 0.246 e. The molecule has 0 saturated carbocycles. The summed E-state index contributed by atoms with van der Waals surface area (Å²) in [6, 6.07) is 6.86. The van der Waals surface area contributed by atoms with Gasteiger partial charge in [-0.05, 0) is 36.9 Å². The van der Waals surface area contributed by atoms with E-state index in [1.165, 1.54) is 16.6 Å². The molecule has 6 nitrogen and oxygen atoms in total. The Morgan fingerprint density at radius 1 is 1.43 bits per heavy atom. The van der Waals surface area contributed by atoms with E-state index < -0.39 is 10.0 Å². The molecule has 0 saturated heterocycles. The molecule has 0 aliphatic carbocycles. The Hall–Kier alpha value is -1.48. The van der Waals surface area contributed by atoms with Crippen molar-refractivity contribution in [3.63, 3.8) is 0 Å². The van der Waals surface area contributed by atoms with Crippen LogP contribution in [0, 0.1) is 0 Å². The Balaban J connectivity index is 2.26. The molecule has 2 aromatic rings.